The van der Waals surface area contributed by atoms with Gasteiger partial charge in [-0.3, -0.25) is 4.90 Å². The minimum Gasteiger partial charge on any atom is -0.383 e. The van der Waals surface area contributed by atoms with Crippen molar-refractivity contribution in [1.82, 2.24) is 9.80 Å². The highest BCUT2D eigenvalue weighted by Gasteiger charge is 2.18. The van der Waals surface area contributed by atoms with Gasteiger partial charge in [-0.1, -0.05) is 20.8 Å². The van der Waals surface area contributed by atoms with Crippen LogP contribution in [-0.2, 0) is 4.74 Å². The lowest BCUT2D eigenvalue weighted by atomic mass is 9.98. The van der Waals surface area contributed by atoms with E-state index in [1.54, 1.807) is 7.11 Å². The van der Waals surface area contributed by atoms with Gasteiger partial charge in [0, 0.05) is 19.7 Å². The molecule has 17 heavy (non-hydrogen) atoms. The van der Waals surface area contributed by atoms with E-state index >= 15 is 0 Å². The molecule has 2 unspecified atom stereocenters. The molecule has 104 valence electrons. The molecule has 0 N–H and O–H groups in total. The molecule has 0 aliphatic heterocycles. The second-order valence-electron chi connectivity index (χ2n) is 5.02. The summed E-state index contributed by atoms with van der Waals surface area (Å²) in [4.78, 5) is 4.90. The zero-order chi connectivity index (χ0) is 13.3. The molecule has 3 heteroatoms. The molecular formula is C14H32N2O. The Balaban J connectivity index is 4.01. The van der Waals surface area contributed by atoms with Crippen LogP contribution in [0.15, 0.2) is 0 Å². The van der Waals surface area contributed by atoms with E-state index in [0.717, 1.165) is 32.2 Å². The Kier molecular flexibility index (Phi) is 9.79. The SMILES string of the molecule is CCN(C)CCC(C)C(C)N(CC)CCOC. The van der Waals surface area contributed by atoms with Crippen LogP contribution in [0.3, 0.4) is 0 Å². The summed E-state index contributed by atoms with van der Waals surface area (Å²) >= 11 is 0. The first-order valence-electron chi connectivity index (χ1n) is 6.98. The van der Waals surface area contributed by atoms with Crippen molar-refractivity contribution in [2.75, 3.05) is 46.9 Å². The Morgan fingerprint density at radius 1 is 1.06 bits per heavy atom. The number of rotatable bonds is 10. The van der Waals surface area contributed by atoms with Crippen LogP contribution in [0.2, 0.25) is 0 Å². The largest absolute Gasteiger partial charge is 0.383 e. The first-order chi connectivity index (χ1) is 8.06. The monoisotopic (exact) mass is 244 g/mol. The molecule has 0 aromatic rings. The zero-order valence-electron chi connectivity index (χ0n) is 12.7. The molecule has 0 aliphatic carbocycles. The summed E-state index contributed by atoms with van der Waals surface area (Å²) in [5.74, 6) is 0.737. The normalized spacial score (nSPS) is 15.5. The number of nitrogens with zero attached hydrogens (tertiary/aromatic N) is 2. The Bertz CT molecular complexity index is 176. The number of hydrogen-bond acceptors (Lipinski definition) is 3. The van der Waals surface area contributed by atoms with Crippen molar-refractivity contribution >= 4 is 0 Å². The lowest BCUT2D eigenvalue weighted by Crippen LogP contribution is -2.40. The van der Waals surface area contributed by atoms with Crippen molar-refractivity contribution in [2.24, 2.45) is 5.92 Å². The van der Waals surface area contributed by atoms with Gasteiger partial charge in [0.1, 0.15) is 0 Å². The molecule has 0 aromatic carbocycles. The van der Waals surface area contributed by atoms with E-state index in [1.807, 2.05) is 0 Å². The summed E-state index contributed by atoms with van der Waals surface area (Å²) in [5.41, 5.74) is 0. The lowest BCUT2D eigenvalue weighted by Gasteiger charge is -2.32. The van der Waals surface area contributed by atoms with Crippen molar-refractivity contribution in [3.63, 3.8) is 0 Å². The summed E-state index contributed by atoms with van der Waals surface area (Å²) in [7, 11) is 3.97. The molecule has 0 fully saturated rings. The van der Waals surface area contributed by atoms with Gasteiger partial charge in [-0.25, -0.2) is 0 Å². The summed E-state index contributed by atoms with van der Waals surface area (Å²) < 4.78 is 5.17. The fourth-order valence-electron chi connectivity index (χ4n) is 2.04. The number of ether oxygens (including phenoxy) is 1. The fourth-order valence-corrected chi connectivity index (χ4v) is 2.04. The third-order valence-electron chi connectivity index (χ3n) is 3.89. The van der Waals surface area contributed by atoms with Crippen LogP contribution < -0.4 is 0 Å². The first kappa shape index (κ1) is 16.9. The van der Waals surface area contributed by atoms with Crippen LogP contribution in [0.25, 0.3) is 0 Å². The van der Waals surface area contributed by atoms with E-state index in [4.69, 9.17) is 4.74 Å². The van der Waals surface area contributed by atoms with Gasteiger partial charge < -0.3 is 9.64 Å². The van der Waals surface area contributed by atoms with Crippen molar-refractivity contribution in [3.8, 4) is 0 Å². The van der Waals surface area contributed by atoms with Gasteiger partial charge in [0.25, 0.3) is 0 Å². The topological polar surface area (TPSA) is 15.7 Å². The summed E-state index contributed by atoms with van der Waals surface area (Å²) in [6, 6.07) is 0.639. The van der Waals surface area contributed by atoms with Crippen LogP contribution in [-0.4, -0.2) is 62.8 Å². The quantitative estimate of drug-likeness (QED) is 0.586. The van der Waals surface area contributed by atoms with Crippen LogP contribution in [0.5, 0.6) is 0 Å². The highest BCUT2D eigenvalue weighted by molar-refractivity contribution is 4.73. The van der Waals surface area contributed by atoms with Crippen molar-refractivity contribution in [2.45, 2.75) is 40.2 Å². The van der Waals surface area contributed by atoms with Gasteiger partial charge in [0.05, 0.1) is 6.61 Å². The van der Waals surface area contributed by atoms with E-state index in [0.29, 0.717) is 6.04 Å². The molecule has 0 saturated carbocycles. The zero-order valence-corrected chi connectivity index (χ0v) is 12.7. The van der Waals surface area contributed by atoms with Gasteiger partial charge >= 0.3 is 0 Å². The molecule has 0 bridgehead atoms. The van der Waals surface area contributed by atoms with Gasteiger partial charge in [-0.05, 0) is 45.9 Å². The summed E-state index contributed by atoms with van der Waals surface area (Å²) in [5, 5.41) is 0. The van der Waals surface area contributed by atoms with Crippen LogP contribution >= 0.6 is 0 Å². The highest BCUT2D eigenvalue weighted by atomic mass is 16.5. The average molecular weight is 244 g/mol. The maximum atomic E-state index is 5.17. The molecule has 3 nitrogen and oxygen atoms in total. The Morgan fingerprint density at radius 3 is 2.18 bits per heavy atom. The number of hydrogen-bond donors (Lipinski definition) is 0. The maximum absolute atomic E-state index is 5.17. The Morgan fingerprint density at radius 2 is 1.71 bits per heavy atom. The maximum Gasteiger partial charge on any atom is 0.0589 e. The molecule has 0 amide bonds. The van der Waals surface area contributed by atoms with Gasteiger partial charge in [0.15, 0.2) is 0 Å². The second kappa shape index (κ2) is 9.86. The number of likely N-dealkylation sites (N-methyl/N-ethyl adjacent to an activating group) is 1. The van der Waals surface area contributed by atoms with Gasteiger partial charge in [0.2, 0.25) is 0 Å². The summed E-state index contributed by atoms with van der Waals surface area (Å²) in [6.45, 7) is 14.5. The Hall–Kier alpha value is -0.120. The highest BCUT2D eigenvalue weighted by Crippen LogP contribution is 2.14. The smallest absolute Gasteiger partial charge is 0.0589 e. The predicted octanol–water partition coefficient (Wildman–Crippen LogP) is 2.32. The van der Waals surface area contributed by atoms with Gasteiger partial charge in [-0.15, -0.1) is 0 Å². The van der Waals surface area contributed by atoms with Gasteiger partial charge in [-0.2, -0.15) is 0 Å². The van der Waals surface area contributed by atoms with Crippen molar-refractivity contribution in [3.05, 3.63) is 0 Å². The molecule has 0 rings (SSSR count). The number of methoxy groups -OCH3 is 1. The average Bonchev–Trinajstić information content (AvgIpc) is 2.35. The fraction of sp³-hybridized carbons (Fsp3) is 1.00. The third kappa shape index (κ3) is 7.02. The molecule has 0 aromatic heterocycles. The second-order valence-corrected chi connectivity index (χ2v) is 5.02. The van der Waals surface area contributed by atoms with E-state index < -0.39 is 0 Å². The predicted molar refractivity (Wildman–Crippen MR) is 75.5 cm³/mol. The molecule has 0 heterocycles. The Labute approximate surface area is 108 Å². The summed E-state index contributed by atoms with van der Waals surface area (Å²) in [6.07, 6.45) is 1.27. The minimum atomic E-state index is 0.639. The van der Waals surface area contributed by atoms with E-state index in [1.165, 1.54) is 13.0 Å². The molecule has 0 radical (unpaired) electrons. The first-order valence-corrected chi connectivity index (χ1v) is 6.98. The third-order valence-corrected chi connectivity index (χ3v) is 3.89. The molecule has 0 saturated heterocycles. The van der Waals surface area contributed by atoms with Crippen molar-refractivity contribution < 1.29 is 4.74 Å². The van der Waals surface area contributed by atoms with E-state index in [2.05, 4.69) is 44.5 Å². The van der Waals surface area contributed by atoms with E-state index in [-0.39, 0.29) is 0 Å². The lowest BCUT2D eigenvalue weighted by molar-refractivity contribution is 0.104. The van der Waals surface area contributed by atoms with Crippen LogP contribution in [0, 0.1) is 5.92 Å². The molecule has 0 spiro atoms. The molecule has 0 aliphatic rings. The van der Waals surface area contributed by atoms with E-state index in [9.17, 15) is 0 Å². The minimum absolute atomic E-state index is 0.639. The van der Waals surface area contributed by atoms with Crippen molar-refractivity contribution in [1.29, 1.82) is 0 Å². The van der Waals surface area contributed by atoms with Crippen LogP contribution in [0.1, 0.15) is 34.1 Å². The molecular weight excluding hydrogens is 212 g/mol. The standard InChI is InChI=1S/C14H32N2O/c1-7-15(5)10-9-13(3)14(4)16(8-2)11-12-17-6/h13-14H,7-12H2,1-6H3. The molecule has 2 atom stereocenters. The van der Waals surface area contributed by atoms with Crippen LogP contribution in [0.4, 0.5) is 0 Å².